The summed E-state index contributed by atoms with van der Waals surface area (Å²) >= 11 is 1.65. The third-order valence-corrected chi connectivity index (χ3v) is 4.57. The molecule has 0 radical (unpaired) electrons. The Labute approximate surface area is 127 Å². The molecule has 0 amide bonds. The second-order valence-electron chi connectivity index (χ2n) is 5.11. The highest BCUT2D eigenvalue weighted by Crippen LogP contribution is 2.29. The van der Waals surface area contributed by atoms with Gasteiger partial charge in [-0.2, -0.15) is 0 Å². The lowest BCUT2D eigenvalue weighted by atomic mass is 10.1. The number of benzene rings is 1. The highest BCUT2D eigenvalue weighted by atomic mass is 32.1. The SMILES string of the molecule is c1csc(-c2cncc(Oc3ccc4c(c3)CCC4)n2)c1. The van der Waals surface area contributed by atoms with Gasteiger partial charge in [0.1, 0.15) is 11.4 Å². The zero-order valence-electron chi connectivity index (χ0n) is 11.5. The molecule has 104 valence electrons. The zero-order valence-corrected chi connectivity index (χ0v) is 12.3. The topological polar surface area (TPSA) is 35.0 Å². The summed E-state index contributed by atoms with van der Waals surface area (Å²) < 4.78 is 5.87. The van der Waals surface area contributed by atoms with Crippen molar-refractivity contribution in [2.75, 3.05) is 0 Å². The van der Waals surface area contributed by atoms with E-state index >= 15 is 0 Å². The summed E-state index contributed by atoms with van der Waals surface area (Å²) in [7, 11) is 0. The molecule has 2 aromatic heterocycles. The number of thiophene rings is 1. The highest BCUT2D eigenvalue weighted by molar-refractivity contribution is 7.13. The van der Waals surface area contributed by atoms with Crippen LogP contribution in [0.2, 0.25) is 0 Å². The molecule has 1 aromatic carbocycles. The number of aromatic nitrogens is 2. The molecule has 0 saturated carbocycles. The van der Waals surface area contributed by atoms with Crippen molar-refractivity contribution in [1.82, 2.24) is 9.97 Å². The lowest BCUT2D eigenvalue weighted by Crippen LogP contribution is -1.92. The van der Waals surface area contributed by atoms with Crippen molar-refractivity contribution in [2.45, 2.75) is 19.3 Å². The van der Waals surface area contributed by atoms with Crippen LogP contribution < -0.4 is 4.74 Å². The molecule has 0 bridgehead atoms. The Morgan fingerprint density at radius 2 is 2.00 bits per heavy atom. The minimum absolute atomic E-state index is 0.541. The number of aryl methyl sites for hydroxylation is 2. The van der Waals surface area contributed by atoms with Crippen LogP contribution in [0.4, 0.5) is 0 Å². The minimum atomic E-state index is 0.541. The van der Waals surface area contributed by atoms with Gasteiger partial charge in [0.2, 0.25) is 5.88 Å². The summed E-state index contributed by atoms with van der Waals surface area (Å²) in [5.74, 6) is 1.38. The van der Waals surface area contributed by atoms with E-state index in [1.165, 1.54) is 24.0 Å². The number of rotatable bonds is 3. The molecule has 3 nitrogen and oxygen atoms in total. The first-order valence-electron chi connectivity index (χ1n) is 7.04. The molecule has 21 heavy (non-hydrogen) atoms. The van der Waals surface area contributed by atoms with Gasteiger partial charge in [-0.05, 0) is 54.0 Å². The first-order valence-corrected chi connectivity index (χ1v) is 7.92. The van der Waals surface area contributed by atoms with E-state index in [-0.39, 0.29) is 0 Å². The lowest BCUT2D eigenvalue weighted by Gasteiger charge is -2.07. The third kappa shape index (κ3) is 2.54. The van der Waals surface area contributed by atoms with Crippen LogP contribution in [0.1, 0.15) is 17.5 Å². The van der Waals surface area contributed by atoms with Crippen molar-refractivity contribution in [3.8, 4) is 22.2 Å². The number of nitrogens with zero attached hydrogens (tertiary/aromatic N) is 2. The van der Waals surface area contributed by atoms with Crippen LogP contribution in [0.3, 0.4) is 0 Å². The Morgan fingerprint density at radius 3 is 2.90 bits per heavy atom. The summed E-state index contributed by atoms with van der Waals surface area (Å²) in [5.41, 5.74) is 3.69. The fourth-order valence-electron chi connectivity index (χ4n) is 2.67. The summed E-state index contributed by atoms with van der Waals surface area (Å²) in [4.78, 5) is 9.86. The fourth-order valence-corrected chi connectivity index (χ4v) is 3.35. The molecular formula is C17H14N2OS. The second kappa shape index (κ2) is 5.30. The monoisotopic (exact) mass is 294 g/mol. The van der Waals surface area contributed by atoms with Crippen LogP contribution in [-0.2, 0) is 12.8 Å². The van der Waals surface area contributed by atoms with Gasteiger partial charge in [0.05, 0.1) is 17.3 Å². The summed E-state index contributed by atoms with van der Waals surface area (Å²) in [6, 6.07) is 10.4. The molecule has 0 N–H and O–H groups in total. The standard InChI is InChI=1S/C17H14N2OS/c1-3-12-6-7-14(9-13(12)4-1)20-17-11-18-10-15(19-17)16-5-2-8-21-16/h2,5-11H,1,3-4H2. The van der Waals surface area contributed by atoms with Crippen LogP contribution in [0.25, 0.3) is 10.6 Å². The van der Waals surface area contributed by atoms with E-state index in [4.69, 9.17) is 4.74 Å². The number of hydrogen-bond donors (Lipinski definition) is 0. The van der Waals surface area contributed by atoms with Crippen molar-refractivity contribution in [3.63, 3.8) is 0 Å². The van der Waals surface area contributed by atoms with Crippen molar-refractivity contribution in [2.24, 2.45) is 0 Å². The molecule has 0 atom stereocenters. The first kappa shape index (κ1) is 12.5. The van der Waals surface area contributed by atoms with Crippen molar-refractivity contribution in [1.29, 1.82) is 0 Å². The number of fused-ring (bicyclic) bond motifs is 1. The van der Waals surface area contributed by atoms with E-state index in [0.29, 0.717) is 5.88 Å². The first-order chi connectivity index (χ1) is 10.4. The summed E-state index contributed by atoms with van der Waals surface area (Å²) in [5, 5.41) is 2.03. The van der Waals surface area contributed by atoms with Crippen molar-refractivity contribution >= 4 is 11.3 Å². The Kier molecular flexibility index (Phi) is 3.16. The molecule has 0 aliphatic heterocycles. The number of hydrogen-bond acceptors (Lipinski definition) is 4. The maximum atomic E-state index is 5.87. The van der Waals surface area contributed by atoms with E-state index in [1.807, 2.05) is 23.6 Å². The predicted molar refractivity (Wildman–Crippen MR) is 83.9 cm³/mol. The van der Waals surface area contributed by atoms with E-state index < -0.39 is 0 Å². The minimum Gasteiger partial charge on any atom is -0.437 e. The molecule has 3 aromatic rings. The Balaban J connectivity index is 1.61. The van der Waals surface area contributed by atoms with Gasteiger partial charge in [0.15, 0.2) is 0 Å². The van der Waals surface area contributed by atoms with Gasteiger partial charge < -0.3 is 4.74 Å². The molecule has 1 aliphatic rings. The lowest BCUT2D eigenvalue weighted by molar-refractivity contribution is 0.460. The van der Waals surface area contributed by atoms with Crippen LogP contribution >= 0.6 is 11.3 Å². The van der Waals surface area contributed by atoms with Crippen LogP contribution in [0.5, 0.6) is 11.6 Å². The van der Waals surface area contributed by atoms with Gasteiger partial charge in [-0.15, -0.1) is 11.3 Å². The Morgan fingerprint density at radius 1 is 1.05 bits per heavy atom. The summed E-state index contributed by atoms with van der Waals surface area (Å²) in [6.45, 7) is 0. The molecule has 0 fully saturated rings. The molecule has 2 heterocycles. The maximum absolute atomic E-state index is 5.87. The largest absolute Gasteiger partial charge is 0.437 e. The van der Waals surface area contributed by atoms with Gasteiger partial charge in [-0.1, -0.05) is 12.1 Å². The molecule has 0 saturated heterocycles. The quantitative estimate of drug-likeness (QED) is 0.714. The predicted octanol–water partition coefficient (Wildman–Crippen LogP) is 4.49. The number of ether oxygens (including phenoxy) is 1. The van der Waals surface area contributed by atoms with E-state index in [9.17, 15) is 0 Å². The van der Waals surface area contributed by atoms with Gasteiger partial charge in [0, 0.05) is 0 Å². The van der Waals surface area contributed by atoms with Gasteiger partial charge in [-0.25, -0.2) is 4.98 Å². The molecule has 4 rings (SSSR count). The smallest absolute Gasteiger partial charge is 0.238 e. The fraction of sp³-hybridized carbons (Fsp3) is 0.176. The molecular weight excluding hydrogens is 280 g/mol. The normalized spacial score (nSPS) is 13.1. The highest BCUT2D eigenvalue weighted by Gasteiger charge is 2.12. The van der Waals surface area contributed by atoms with Crippen LogP contribution in [0, 0.1) is 0 Å². The van der Waals surface area contributed by atoms with E-state index in [0.717, 1.165) is 22.7 Å². The third-order valence-electron chi connectivity index (χ3n) is 3.68. The maximum Gasteiger partial charge on any atom is 0.238 e. The van der Waals surface area contributed by atoms with E-state index in [2.05, 4.69) is 22.1 Å². The van der Waals surface area contributed by atoms with Gasteiger partial charge >= 0.3 is 0 Å². The van der Waals surface area contributed by atoms with Crippen LogP contribution in [-0.4, -0.2) is 9.97 Å². The van der Waals surface area contributed by atoms with Gasteiger partial charge in [0.25, 0.3) is 0 Å². The summed E-state index contributed by atoms with van der Waals surface area (Å²) in [6.07, 6.45) is 6.99. The van der Waals surface area contributed by atoms with Crippen LogP contribution in [0.15, 0.2) is 48.1 Å². The zero-order chi connectivity index (χ0) is 14.1. The molecule has 0 unspecified atom stereocenters. The average Bonchev–Trinajstić information content (AvgIpc) is 3.18. The Bertz CT molecular complexity index is 768. The Hall–Kier alpha value is -2.20. The van der Waals surface area contributed by atoms with Crippen molar-refractivity contribution in [3.05, 3.63) is 59.2 Å². The average molecular weight is 294 g/mol. The molecule has 1 aliphatic carbocycles. The van der Waals surface area contributed by atoms with E-state index in [1.54, 1.807) is 23.7 Å². The molecule has 4 heteroatoms. The van der Waals surface area contributed by atoms with Gasteiger partial charge in [-0.3, -0.25) is 4.98 Å². The molecule has 0 spiro atoms. The second-order valence-corrected chi connectivity index (χ2v) is 6.05. The van der Waals surface area contributed by atoms with Crippen molar-refractivity contribution < 1.29 is 4.74 Å².